The van der Waals surface area contributed by atoms with Crippen LogP contribution in [0, 0.1) is 5.92 Å². The topological polar surface area (TPSA) is 30.5 Å². The van der Waals surface area contributed by atoms with Crippen LogP contribution >= 0.6 is 0 Å². The molecule has 0 heterocycles. The molecule has 0 saturated carbocycles. The highest BCUT2D eigenvalue weighted by atomic mass is 16.5. The van der Waals surface area contributed by atoms with E-state index in [1.54, 1.807) is 0 Å². The number of nitrogens with one attached hydrogen (secondary N) is 1. The lowest BCUT2D eigenvalue weighted by Gasteiger charge is -2.11. The summed E-state index contributed by atoms with van der Waals surface area (Å²) in [5.41, 5.74) is 2.30. The minimum Gasteiger partial charge on any atom is -0.494 e. The van der Waals surface area contributed by atoms with Crippen molar-refractivity contribution in [2.24, 2.45) is 5.92 Å². The number of rotatable bonds is 10. The van der Waals surface area contributed by atoms with Crippen LogP contribution in [0.4, 0.5) is 5.69 Å². The Morgan fingerprint density at radius 2 is 1.67 bits per heavy atom. The van der Waals surface area contributed by atoms with Gasteiger partial charge >= 0.3 is 0 Å². The summed E-state index contributed by atoms with van der Waals surface area (Å²) < 4.78 is 11.4. The smallest absolute Gasteiger partial charge is 0.119 e. The summed E-state index contributed by atoms with van der Waals surface area (Å²) in [6, 6.07) is 16.4. The summed E-state index contributed by atoms with van der Waals surface area (Å²) in [7, 11) is 0. The van der Waals surface area contributed by atoms with Gasteiger partial charge in [0.25, 0.3) is 0 Å². The number of hydrogen-bond donors (Lipinski definition) is 1. The van der Waals surface area contributed by atoms with Gasteiger partial charge in [-0.25, -0.2) is 0 Å². The molecule has 130 valence electrons. The second-order valence-corrected chi connectivity index (χ2v) is 6.40. The van der Waals surface area contributed by atoms with Gasteiger partial charge in [-0.05, 0) is 60.7 Å². The summed E-state index contributed by atoms with van der Waals surface area (Å²) >= 11 is 0. The van der Waals surface area contributed by atoms with E-state index in [0.717, 1.165) is 49.8 Å². The van der Waals surface area contributed by atoms with Crippen molar-refractivity contribution in [3.8, 4) is 11.5 Å². The Morgan fingerprint density at radius 1 is 0.917 bits per heavy atom. The van der Waals surface area contributed by atoms with Crippen molar-refractivity contribution in [1.82, 2.24) is 0 Å². The van der Waals surface area contributed by atoms with E-state index >= 15 is 0 Å². The van der Waals surface area contributed by atoms with Crippen molar-refractivity contribution in [2.75, 3.05) is 18.5 Å². The van der Waals surface area contributed by atoms with Gasteiger partial charge in [0.15, 0.2) is 0 Å². The summed E-state index contributed by atoms with van der Waals surface area (Å²) in [6.45, 7) is 8.84. The summed E-state index contributed by atoms with van der Waals surface area (Å²) in [6.07, 6.45) is 2.10. The maximum atomic E-state index is 5.82. The first-order valence-corrected chi connectivity index (χ1v) is 8.86. The van der Waals surface area contributed by atoms with E-state index in [-0.39, 0.29) is 0 Å². The monoisotopic (exact) mass is 327 g/mol. The Labute approximate surface area is 146 Å². The van der Waals surface area contributed by atoms with Crippen molar-refractivity contribution < 1.29 is 9.47 Å². The highest BCUT2D eigenvalue weighted by molar-refractivity contribution is 5.47. The molecule has 2 aromatic carbocycles. The Morgan fingerprint density at radius 3 is 2.38 bits per heavy atom. The van der Waals surface area contributed by atoms with Gasteiger partial charge in [-0.3, -0.25) is 0 Å². The quantitative estimate of drug-likeness (QED) is 0.624. The van der Waals surface area contributed by atoms with Gasteiger partial charge in [-0.2, -0.15) is 0 Å². The molecular formula is C21H29NO2. The molecule has 0 bridgehead atoms. The molecule has 0 unspecified atom stereocenters. The van der Waals surface area contributed by atoms with Crippen molar-refractivity contribution in [3.05, 3.63) is 54.1 Å². The van der Waals surface area contributed by atoms with E-state index in [2.05, 4.69) is 38.2 Å². The van der Waals surface area contributed by atoms with Crippen LogP contribution in [0.5, 0.6) is 11.5 Å². The molecule has 24 heavy (non-hydrogen) atoms. The molecular weight excluding hydrogens is 298 g/mol. The third-order valence-electron chi connectivity index (χ3n) is 3.69. The molecule has 3 heteroatoms. The van der Waals surface area contributed by atoms with Crippen LogP contribution in [0.2, 0.25) is 0 Å². The van der Waals surface area contributed by atoms with Crippen LogP contribution in [0.25, 0.3) is 0 Å². The molecule has 3 nitrogen and oxygen atoms in total. The predicted octanol–water partition coefficient (Wildman–Crippen LogP) is 5.51. The minimum atomic E-state index is 0.666. The molecule has 0 aliphatic heterocycles. The van der Waals surface area contributed by atoms with Crippen molar-refractivity contribution >= 4 is 5.69 Å². The van der Waals surface area contributed by atoms with E-state index in [9.17, 15) is 0 Å². The maximum absolute atomic E-state index is 5.82. The summed E-state index contributed by atoms with van der Waals surface area (Å²) in [5, 5.41) is 3.43. The van der Waals surface area contributed by atoms with Gasteiger partial charge in [-0.15, -0.1) is 0 Å². The van der Waals surface area contributed by atoms with E-state index in [1.807, 2.05) is 36.4 Å². The Hall–Kier alpha value is -2.16. The lowest BCUT2D eigenvalue weighted by atomic mass is 10.1. The largest absolute Gasteiger partial charge is 0.494 e. The standard InChI is InChI=1S/C21H29NO2/c1-4-13-23-20-10-8-19(9-11-20)22-16-18-6-5-7-21(15-18)24-14-12-17(2)3/h5-11,15,17,22H,4,12-14,16H2,1-3H3. The van der Waals surface area contributed by atoms with Crippen LogP contribution in [-0.2, 0) is 6.54 Å². The molecule has 0 aromatic heterocycles. The molecule has 2 rings (SSSR count). The third-order valence-corrected chi connectivity index (χ3v) is 3.69. The van der Waals surface area contributed by atoms with Crippen molar-refractivity contribution in [2.45, 2.75) is 40.2 Å². The average molecular weight is 327 g/mol. The normalized spacial score (nSPS) is 10.7. The summed E-state index contributed by atoms with van der Waals surface area (Å²) in [5.74, 6) is 2.53. The molecule has 1 N–H and O–H groups in total. The van der Waals surface area contributed by atoms with E-state index < -0.39 is 0 Å². The molecule has 0 spiro atoms. The van der Waals surface area contributed by atoms with Gasteiger partial charge in [0.2, 0.25) is 0 Å². The highest BCUT2D eigenvalue weighted by Crippen LogP contribution is 2.18. The average Bonchev–Trinajstić information content (AvgIpc) is 2.59. The summed E-state index contributed by atoms with van der Waals surface area (Å²) in [4.78, 5) is 0. The molecule has 0 fully saturated rings. The van der Waals surface area contributed by atoms with Crippen LogP contribution in [0.1, 0.15) is 39.2 Å². The van der Waals surface area contributed by atoms with Gasteiger partial charge in [-0.1, -0.05) is 32.9 Å². The zero-order valence-electron chi connectivity index (χ0n) is 15.0. The van der Waals surface area contributed by atoms with Crippen LogP contribution in [0.15, 0.2) is 48.5 Å². The Bertz CT molecular complexity index is 593. The fraction of sp³-hybridized carbons (Fsp3) is 0.429. The lowest BCUT2D eigenvalue weighted by molar-refractivity contribution is 0.289. The zero-order valence-corrected chi connectivity index (χ0v) is 15.0. The van der Waals surface area contributed by atoms with E-state index in [0.29, 0.717) is 5.92 Å². The van der Waals surface area contributed by atoms with Crippen LogP contribution in [0.3, 0.4) is 0 Å². The lowest BCUT2D eigenvalue weighted by Crippen LogP contribution is -2.03. The van der Waals surface area contributed by atoms with Crippen LogP contribution in [-0.4, -0.2) is 13.2 Å². The third kappa shape index (κ3) is 6.53. The molecule has 2 aromatic rings. The number of anilines is 1. The first-order valence-electron chi connectivity index (χ1n) is 8.86. The Balaban J connectivity index is 1.83. The first-order chi connectivity index (χ1) is 11.7. The molecule has 0 amide bonds. The zero-order chi connectivity index (χ0) is 17.2. The number of ether oxygens (including phenoxy) is 2. The SMILES string of the molecule is CCCOc1ccc(NCc2cccc(OCCC(C)C)c2)cc1. The Kier molecular flexibility index (Phi) is 7.47. The second kappa shape index (κ2) is 9.86. The number of hydrogen-bond acceptors (Lipinski definition) is 3. The van der Waals surface area contributed by atoms with Crippen molar-refractivity contribution in [1.29, 1.82) is 0 Å². The molecule has 0 atom stereocenters. The highest BCUT2D eigenvalue weighted by Gasteiger charge is 2.00. The second-order valence-electron chi connectivity index (χ2n) is 6.40. The number of benzene rings is 2. The van der Waals surface area contributed by atoms with Gasteiger partial charge < -0.3 is 14.8 Å². The van der Waals surface area contributed by atoms with Gasteiger partial charge in [0.05, 0.1) is 13.2 Å². The van der Waals surface area contributed by atoms with Gasteiger partial charge in [0.1, 0.15) is 11.5 Å². The molecule has 0 aliphatic carbocycles. The van der Waals surface area contributed by atoms with Gasteiger partial charge in [0, 0.05) is 12.2 Å². The molecule has 0 saturated heterocycles. The van der Waals surface area contributed by atoms with E-state index in [1.165, 1.54) is 5.56 Å². The minimum absolute atomic E-state index is 0.666. The fourth-order valence-electron chi connectivity index (χ4n) is 2.25. The molecule has 0 radical (unpaired) electrons. The van der Waals surface area contributed by atoms with Crippen LogP contribution < -0.4 is 14.8 Å². The molecule has 0 aliphatic rings. The predicted molar refractivity (Wildman–Crippen MR) is 101 cm³/mol. The maximum Gasteiger partial charge on any atom is 0.119 e. The first kappa shape index (κ1) is 18.2. The fourth-order valence-corrected chi connectivity index (χ4v) is 2.25. The van der Waals surface area contributed by atoms with Crippen molar-refractivity contribution in [3.63, 3.8) is 0 Å². The van der Waals surface area contributed by atoms with E-state index in [4.69, 9.17) is 9.47 Å².